The lowest BCUT2D eigenvalue weighted by Crippen LogP contribution is -2.38. The summed E-state index contributed by atoms with van der Waals surface area (Å²) >= 11 is 0. The number of hydrogen-bond acceptors (Lipinski definition) is 3. The van der Waals surface area contributed by atoms with E-state index in [2.05, 4.69) is 48.7 Å². The Hall–Kier alpha value is -1.59. The number of guanidine groups is 1. The molecule has 2 rings (SSSR count). The molecule has 5 nitrogen and oxygen atoms in total. The molecule has 27 heavy (non-hydrogen) atoms. The van der Waals surface area contributed by atoms with Gasteiger partial charge in [-0.2, -0.15) is 0 Å². The van der Waals surface area contributed by atoms with Gasteiger partial charge >= 0.3 is 0 Å². The van der Waals surface area contributed by atoms with E-state index >= 15 is 0 Å². The van der Waals surface area contributed by atoms with Crippen molar-refractivity contribution in [1.82, 2.24) is 10.6 Å². The van der Waals surface area contributed by atoms with E-state index in [4.69, 9.17) is 14.5 Å². The van der Waals surface area contributed by atoms with Crippen molar-refractivity contribution in [1.29, 1.82) is 0 Å². The van der Waals surface area contributed by atoms with E-state index in [1.165, 1.54) is 24.0 Å². The normalized spacial score (nSPS) is 20.5. The molecule has 1 aromatic rings. The molecule has 1 fully saturated rings. The molecule has 0 radical (unpaired) electrons. The molecular formula is C22H37N3O2. The summed E-state index contributed by atoms with van der Waals surface area (Å²) in [6.45, 7) is 8.52. The fourth-order valence-electron chi connectivity index (χ4n) is 3.46. The summed E-state index contributed by atoms with van der Waals surface area (Å²) in [4.78, 5) is 4.85. The summed E-state index contributed by atoms with van der Waals surface area (Å²) in [5.41, 5.74) is 2.56. The van der Waals surface area contributed by atoms with Crippen LogP contribution in [-0.2, 0) is 9.47 Å². The molecule has 5 heteroatoms. The van der Waals surface area contributed by atoms with Crippen LogP contribution >= 0.6 is 0 Å². The van der Waals surface area contributed by atoms with Gasteiger partial charge < -0.3 is 20.1 Å². The lowest BCUT2D eigenvalue weighted by atomic mass is 9.89. The molecule has 1 aromatic carbocycles. The zero-order valence-corrected chi connectivity index (χ0v) is 17.3. The Labute approximate surface area is 164 Å². The van der Waals surface area contributed by atoms with Crippen molar-refractivity contribution < 1.29 is 9.47 Å². The van der Waals surface area contributed by atoms with Crippen molar-refractivity contribution in [3.8, 4) is 0 Å². The van der Waals surface area contributed by atoms with Crippen LogP contribution in [0.4, 0.5) is 0 Å². The third-order valence-corrected chi connectivity index (χ3v) is 5.00. The molecule has 0 aliphatic carbocycles. The fraction of sp³-hybridized carbons (Fsp3) is 0.682. The van der Waals surface area contributed by atoms with Gasteiger partial charge in [0.2, 0.25) is 0 Å². The first-order valence-electron chi connectivity index (χ1n) is 10.4. The van der Waals surface area contributed by atoms with E-state index in [1.54, 1.807) is 7.11 Å². The van der Waals surface area contributed by atoms with Crippen LogP contribution in [0.3, 0.4) is 0 Å². The van der Waals surface area contributed by atoms with Crippen LogP contribution < -0.4 is 10.6 Å². The van der Waals surface area contributed by atoms with Gasteiger partial charge in [0.15, 0.2) is 5.96 Å². The van der Waals surface area contributed by atoms with Crippen LogP contribution in [0.1, 0.15) is 56.3 Å². The Balaban J connectivity index is 1.88. The molecule has 0 saturated carbocycles. The highest BCUT2D eigenvalue weighted by Gasteiger charge is 2.27. The van der Waals surface area contributed by atoms with Crippen molar-refractivity contribution in [2.75, 3.05) is 40.0 Å². The second-order valence-corrected chi connectivity index (χ2v) is 7.30. The predicted molar refractivity (Wildman–Crippen MR) is 112 cm³/mol. The average Bonchev–Trinajstić information content (AvgIpc) is 2.69. The quantitative estimate of drug-likeness (QED) is 0.371. The Bertz CT molecular complexity index is 545. The Morgan fingerprint density at radius 1 is 1.19 bits per heavy atom. The number of nitrogens with one attached hydrogen (secondary N) is 2. The molecule has 2 N–H and O–H groups in total. The first-order chi connectivity index (χ1) is 13.2. The smallest absolute Gasteiger partial charge is 0.191 e. The summed E-state index contributed by atoms with van der Waals surface area (Å²) in [7, 11) is 1.76. The second kappa shape index (κ2) is 12.7. The van der Waals surface area contributed by atoms with Gasteiger partial charge in [0, 0.05) is 45.9 Å². The van der Waals surface area contributed by atoms with Crippen LogP contribution in [0.2, 0.25) is 0 Å². The fourth-order valence-corrected chi connectivity index (χ4v) is 3.46. The first-order valence-corrected chi connectivity index (χ1v) is 10.4. The summed E-state index contributed by atoms with van der Waals surface area (Å²) < 4.78 is 11.2. The Morgan fingerprint density at radius 3 is 2.74 bits per heavy atom. The lowest BCUT2D eigenvalue weighted by Gasteiger charge is -2.31. The SMILES string of the molecule is CCNC(=NCC1CCCOC1c1ccc(C)cc1)NCCCCCOC. The molecule has 2 unspecified atom stereocenters. The molecule has 1 heterocycles. The van der Waals surface area contributed by atoms with Crippen molar-refractivity contribution in [2.45, 2.75) is 52.1 Å². The minimum atomic E-state index is 0.153. The monoisotopic (exact) mass is 375 g/mol. The Morgan fingerprint density at radius 2 is 2.00 bits per heavy atom. The number of methoxy groups -OCH3 is 1. The van der Waals surface area contributed by atoms with Gasteiger partial charge in [-0.3, -0.25) is 4.99 Å². The highest BCUT2D eigenvalue weighted by molar-refractivity contribution is 5.79. The minimum Gasteiger partial charge on any atom is -0.385 e. The van der Waals surface area contributed by atoms with Gasteiger partial charge in [-0.05, 0) is 51.5 Å². The molecule has 1 aliphatic heterocycles. The van der Waals surface area contributed by atoms with Crippen LogP contribution in [0, 0.1) is 12.8 Å². The minimum absolute atomic E-state index is 0.153. The molecule has 2 atom stereocenters. The summed E-state index contributed by atoms with van der Waals surface area (Å²) in [5, 5.41) is 6.82. The molecule has 0 bridgehead atoms. The number of aliphatic imine (C=N–C) groups is 1. The molecule has 0 spiro atoms. The van der Waals surface area contributed by atoms with Crippen LogP contribution in [0.5, 0.6) is 0 Å². The maximum Gasteiger partial charge on any atom is 0.191 e. The molecular weight excluding hydrogens is 338 g/mol. The van der Waals surface area contributed by atoms with E-state index in [0.717, 1.165) is 58.1 Å². The first kappa shape index (κ1) is 21.7. The van der Waals surface area contributed by atoms with Crippen LogP contribution in [0.15, 0.2) is 29.3 Å². The van der Waals surface area contributed by atoms with Crippen molar-refractivity contribution >= 4 is 5.96 Å². The summed E-state index contributed by atoms with van der Waals surface area (Å²) in [6.07, 6.45) is 5.85. The van der Waals surface area contributed by atoms with Crippen molar-refractivity contribution in [2.24, 2.45) is 10.9 Å². The van der Waals surface area contributed by atoms with E-state index in [9.17, 15) is 0 Å². The van der Waals surface area contributed by atoms with Gasteiger partial charge in [-0.15, -0.1) is 0 Å². The summed E-state index contributed by atoms with van der Waals surface area (Å²) in [6, 6.07) is 8.74. The zero-order chi connectivity index (χ0) is 19.3. The maximum absolute atomic E-state index is 6.12. The number of benzene rings is 1. The number of ether oxygens (including phenoxy) is 2. The summed E-state index contributed by atoms with van der Waals surface area (Å²) in [5.74, 6) is 1.34. The highest BCUT2D eigenvalue weighted by atomic mass is 16.5. The number of unbranched alkanes of at least 4 members (excludes halogenated alkanes) is 2. The third kappa shape index (κ3) is 7.89. The van der Waals surface area contributed by atoms with Crippen molar-refractivity contribution in [3.63, 3.8) is 0 Å². The van der Waals surface area contributed by atoms with E-state index in [-0.39, 0.29) is 6.10 Å². The number of aryl methyl sites for hydroxylation is 1. The van der Waals surface area contributed by atoms with Gasteiger partial charge in [-0.25, -0.2) is 0 Å². The average molecular weight is 376 g/mol. The number of hydrogen-bond donors (Lipinski definition) is 2. The zero-order valence-electron chi connectivity index (χ0n) is 17.3. The standard InChI is InChI=1S/C22H37N3O2/c1-4-23-22(24-14-6-5-7-15-26-3)25-17-20-9-8-16-27-21(20)19-12-10-18(2)11-13-19/h10-13,20-21H,4-9,14-17H2,1-3H3,(H2,23,24,25). The Kier molecular flexibility index (Phi) is 10.2. The maximum atomic E-state index is 6.12. The van der Waals surface area contributed by atoms with Crippen LogP contribution in [0.25, 0.3) is 0 Å². The topological polar surface area (TPSA) is 54.9 Å². The number of rotatable bonds is 10. The van der Waals surface area contributed by atoms with Crippen LogP contribution in [-0.4, -0.2) is 45.9 Å². The van der Waals surface area contributed by atoms with Gasteiger partial charge in [0.05, 0.1) is 6.10 Å². The lowest BCUT2D eigenvalue weighted by molar-refractivity contribution is -0.0250. The van der Waals surface area contributed by atoms with Gasteiger partial charge in [0.25, 0.3) is 0 Å². The van der Waals surface area contributed by atoms with E-state index in [0.29, 0.717) is 5.92 Å². The molecule has 0 aromatic heterocycles. The van der Waals surface area contributed by atoms with Gasteiger partial charge in [-0.1, -0.05) is 29.8 Å². The van der Waals surface area contributed by atoms with Gasteiger partial charge in [0.1, 0.15) is 0 Å². The van der Waals surface area contributed by atoms with E-state index in [1.807, 2.05) is 0 Å². The number of nitrogens with zero attached hydrogens (tertiary/aromatic N) is 1. The van der Waals surface area contributed by atoms with Crippen molar-refractivity contribution in [3.05, 3.63) is 35.4 Å². The predicted octanol–water partition coefficient (Wildman–Crippen LogP) is 3.83. The largest absolute Gasteiger partial charge is 0.385 e. The third-order valence-electron chi connectivity index (χ3n) is 5.00. The second-order valence-electron chi connectivity index (χ2n) is 7.30. The highest BCUT2D eigenvalue weighted by Crippen LogP contribution is 2.33. The van der Waals surface area contributed by atoms with E-state index < -0.39 is 0 Å². The molecule has 0 amide bonds. The molecule has 152 valence electrons. The molecule has 1 saturated heterocycles. The molecule has 1 aliphatic rings.